The largest absolute Gasteiger partial charge is 0.337 e. The van der Waals surface area contributed by atoms with Gasteiger partial charge in [-0.05, 0) is 36.6 Å². The van der Waals surface area contributed by atoms with Crippen molar-refractivity contribution in [2.75, 3.05) is 12.4 Å². The molecule has 1 N–H and O–H groups in total. The topological polar surface area (TPSA) is 58.1 Å². The lowest BCUT2D eigenvalue weighted by Gasteiger charge is -2.17. The van der Waals surface area contributed by atoms with E-state index in [9.17, 15) is 4.79 Å². The van der Waals surface area contributed by atoms with Gasteiger partial charge in [0.15, 0.2) is 0 Å². The summed E-state index contributed by atoms with van der Waals surface area (Å²) in [6.07, 6.45) is 3.05. The number of carbonyl (C=O) groups excluding carboxylic acids is 1. The van der Waals surface area contributed by atoms with E-state index in [2.05, 4.69) is 15.3 Å². The first-order chi connectivity index (χ1) is 12.9. The molecule has 0 fully saturated rings. The van der Waals surface area contributed by atoms with Crippen LogP contribution in [0.1, 0.15) is 27.0 Å². The maximum atomic E-state index is 12.6. The molecule has 0 spiro atoms. The zero-order valence-electron chi connectivity index (χ0n) is 15.5. The van der Waals surface area contributed by atoms with E-state index in [4.69, 9.17) is 11.6 Å². The normalized spacial score (nSPS) is 10.5. The molecule has 0 aliphatic carbocycles. The summed E-state index contributed by atoms with van der Waals surface area (Å²) in [5.74, 6) is 0.265. The van der Waals surface area contributed by atoms with Crippen molar-refractivity contribution < 1.29 is 4.79 Å². The Hall–Kier alpha value is -2.92. The summed E-state index contributed by atoms with van der Waals surface area (Å²) in [4.78, 5) is 22.7. The van der Waals surface area contributed by atoms with Crippen LogP contribution in [0.15, 0.2) is 54.9 Å². The zero-order valence-corrected chi connectivity index (χ0v) is 16.3. The molecule has 0 saturated carbocycles. The molecule has 6 heteroatoms. The van der Waals surface area contributed by atoms with Crippen molar-refractivity contribution in [1.82, 2.24) is 14.9 Å². The molecule has 0 aliphatic heterocycles. The number of nitrogens with one attached hydrogen (secondary N) is 1. The first-order valence-corrected chi connectivity index (χ1v) is 8.97. The van der Waals surface area contributed by atoms with Gasteiger partial charge >= 0.3 is 0 Å². The van der Waals surface area contributed by atoms with Crippen LogP contribution in [0, 0.1) is 13.8 Å². The molecule has 0 atom stereocenters. The molecule has 0 aliphatic rings. The second kappa shape index (κ2) is 8.18. The van der Waals surface area contributed by atoms with Gasteiger partial charge in [0.1, 0.15) is 0 Å². The van der Waals surface area contributed by atoms with Gasteiger partial charge in [-0.1, -0.05) is 48.0 Å². The average Bonchev–Trinajstić information content (AvgIpc) is 2.65. The number of carbonyl (C=O) groups is 1. The number of aromatic nitrogens is 2. The predicted octanol–water partition coefficient (Wildman–Crippen LogP) is 4.76. The Labute approximate surface area is 164 Å². The van der Waals surface area contributed by atoms with Crippen LogP contribution in [-0.2, 0) is 6.54 Å². The minimum Gasteiger partial charge on any atom is -0.337 e. The van der Waals surface area contributed by atoms with Crippen molar-refractivity contribution >= 4 is 29.1 Å². The third-order valence-electron chi connectivity index (χ3n) is 4.18. The van der Waals surface area contributed by atoms with Gasteiger partial charge in [-0.15, -0.1) is 0 Å². The van der Waals surface area contributed by atoms with Crippen LogP contribution in [0.5, 0.6) is 0 Å². The lowest BCUT2D eigenvalue weighted by atomic mass is 10.1. The summed E-state index contributed by atoms with van der Waals surface area (Å²) in [6.45, 7) is 4.49. The molecule has 1 heterocycles. The van der Waals surface area contributed by atoms with Gasteiger partial charge in [0.05, 0.1) is 16.3 Å². The van der Waals surface area contributed by atoms with Crippen molar-refractivity contribution in [3.8, 4) is 0 Å². The second-order valence-corrected chi connectivity index (χ2v) is 6.91. The number of anilines is 2. The first-order valence-electron chi connectivity index (χ1n) is 8.59. The van der Waals surface area contributed by atoms with Gasteiger partial charge in [-0.2, -0.15) is 0 Å². The summed E-state index contributed by atoms with van der Waals surface area (Å²) in [6, 6.07) is 13.7. The summed E-state index contributed by atoms with van der Waals surface area (Å²) in [5.41, 5.74) is 4.36. The lowest BCUT2D eigenvalue weighted by Crippen LogP contribution is -2.26. The highest BCUT2D eigenvalue weighted by atomic mass is 35.5. The van der Waals surface area contributed by atoms with Crippen LogP contribution in [0.4, 0.5) is 11.6 Å². The minimum absolute atomic E-state index is 0.130. The standard InChI is InChI=1S/C21H21ClN4O/c1-14-9-15(2)19(18(22)10-14)25-21-23-11-17(12-24-21)20(27)26(3)13-16-7-5-4-6-8-16/h4-12H,13H2,1-3H3,(H,23,24,25). The molecule has 27 heavy (non-hydrogen) atoms. The molecule has 3 rings (SSSR count). The Morgan fingerprint density at radius 1 is 1.11 bits per heavy atom. The zero-order chi connectivity index (χ0) is 19.4. The molecule has 5 nitrogen and oxygen atoms in total. The summed E-state index contributed by atoms with van der Waals surface area (Å²) in [7, 11) is 1.76. The van der Waals surface area contributed by atoms with E-state index in [-0.39, 0.29) is 5.91 Å². The highest BCUT2D eigenvalue weighted by molar-refractivity contribution is 6.33. The monoisotopic (exact) mass is 380 g/mol. The van der Waals surface area contributed by atoms with Gasteiger partial charge in [0.25, 0.3) is 5.91 Å². The number of halogens is 1. The van der Waals surface area contributed by atoms with Crippen LogP contribution in [0.3, 0.4) is 0 Å². The number of hydrogen-bond acceptors (Lipinski definition) is 4. The fraction of sp³-hybridized carbons (Fsp3) is 0.190. The lowest BCUT2D eigenvalue weighted by molar-refractivity contribution is 0.0784. The van der Waals surface area contributed by atoms with E-state index in [1.165, 1.54) is 12.4 Å². The molecule has 138 valence electrons. The van der Waals surface area contributed by atoms with Crippen LogP contribution in [0.25, 0.3) is 0 Å². The number of aryl methyl sites for hydroxylation is 2. The van der Waals surface area contributed by atoms with Gasteiger partial charge in [0.2, 0.25) is 5.95 Å². The van der Waals surface area contributed by atoms with Gasteiger partial charge in [0, 0.05) is 26.0 Å². The molecule has 0 bridgehead atoms. The van der Waals surface area contributed by atoms with Crippen LogP contribution < -0.4 is 5.32 Å². The minimum atomic E-state index is -0.130. The maximum Gasteiger partial charge on any atom is 0.257 e. The average molecular weight is 381 g/mol. The van der Waals surface area contributed by atoms with Crippen molar-refractivity contribution in [3.63, 3.8) is 0 Å². The number of amides is 1. The SMILES string of the molecule is Cc1cc(C)c(Nc2ncc(C(=O)N(C)Cc3ccccc3)cn2)c(Cl)c1. The summed E-state index contributed by atoms with van der Waals surface area (Å²) in [5, 5.41) is 3.73. The van der Waals surface area contributed by atoms with Crippen molar-refractivity contribution in [2.24, 2.45) is 0 Å². The summed E-state index contributed by atoms with van der Waals surface area (Å²) < 4.78 is 0. The van der Waals surface area contributed by atoms with Gasteiger partial charge in [-0.3, -0.25) is 4.79 Å². The fourth-order valence-corrected chi connectivity index (χ4v) is 3.21. The van der Waals surface area contributed by atoms with E-state index in [0.717, 1.165) is 22.4 Å². The predicted molar refractivity (Wildman–Crippen MR) is 108 cm³/mol. The molecule has 0 unspecified atom stereocenters. The third kappa shape index (κ3) is 4.63. The maximum absolute atomic E-state index is 12.6. The Bertz CT molecular complexity index is 919. The number of nitrogens with zero attached hydrogens (tertiary/aromatic N) is 3. The number of hydrogen-bond donors (Lipinski definition) is 1. The van der Waals surface area contributed by atoms with Crippen molar-refractivity contribution in [2.45, 2.75) is 20.4 Å². The molecule has 1 aromatic heterocycles. The first kappa shape index (κ1) is 18.9. The molecule has 0 radical (unpaired) electrons. The Balaban J connectivity index is 1.71. The quantitative estimate of drug-likeness (QED) is 0.693. The Kier molecular flexibility index (Phi) is 5.72. The fourth-order valence-electron chi connectivity index (χ4n) is 2.84. The number of rotatable bonds is 5. The highest BCUT2D eigenvalue weighted by Crippen LogP contribution is 2.29. The van der Waals surface area contributed by atoms with Gasteiger partial charge in [-0.25, -0.2) is 9.97 Å². The molecule has 1 amide bonds. The summed E-state index contributed by atoms with van der Waals surface area (Å²) >= 11 is 6.31. The molecular weight excluding hydrogens is 360 g/mol. The van der Waals surface area contributed by atoms with E-state index in [1.807, 2.05) is 56.3 Å². The van der Waals surface area contributed by atoms with E-state index >= 15 is 0 Å². The molecule has 0 saturated heterocycles. The van der Waals surface area contributed by atoms with Crippen LogP contribution >= 0.6 is 11.6 Å². The molecule has 2 aromatic carbocycles. The smallest absolute Gasteiger partial charge is 0.257 e. The highest BCUT2D eigenvalue weighted by Gasteiger charge is 2.14. The Morgan fingerprint density at radius 3 is 2.41 bits per heavy atom. The van der Waals surface area contributed by atoms with Crippen LogP contribution in [0.2, 0.25) is 5.02 Å². The van der Waals surface area contributed by atoms with Crippen molar-refractivity contribution in [1.29, 1.82) is 0 Å². The van der Waals surface area contributed by atoms with E-state index in [1.54, 1.807) is 11.9 Å². The second-order valence-electron chi connectivity index (χ2n) is 6.51. The van der Waals surface area contributed by atoms with Crippen LogP contribution in [-0.4, -0.2) is 27.8 Å². The molecule has 3 aromatic rings. The van der Waals surface area contributed by atoms with Crippen molar-refractivity contribution in [3.05, 3.63) is 82.1 Å². The van der Waals surface area contributed by atoms with Gasteiger partial charge < -0.3 is 10.2 Å². The third-order valence-corrected chi connectivity index (χ3v) is 4.47. The van der Waals surface area contributed by atoms with E-state index in [0.29, 0.717) is 23.1 Å². The number of benzene rings is 2. The Morgan fingerprint density at radius 2 is 1.78 bits per heavy atom. The van der Waals surface area contributed by atoms with E-state index < -0.39 is 0 Å². The molecular formula is C21H21ClN4O.